The first-order chi connectivity index (χ1) is 13.8. The standard InChI is InChI=1S/C24H31N3O2/c1-24(2,3)17-6-10-21(11-7-17)29-22-12-5-16(15-25-22)23(28)27(4)20-13-18-8-9-19(14-20)26-18/h5-7,10-12,15,18-20,26H,8-9,13-14H2,1-4H3. The predicted octanol–water partition coefficient (Wildman–Crippen LogP) is 4.53. The highest BCUT2D eigenvalue weighted by Gasteiger charge is 2.36. The van der Waals surface area contributed by atoms with Gasteiger partial charge >= 0.3 is 0 Å². The minimum absolute atomic E-state index is 0.0323. The van der Waals surface area contributed by atoms with Gasteiger partial charge in [0.15, 0.2) is 0 Å². The van der Waals surface area contributed by atoms with Gasteiger partial charge in [0.25, 0.3) is 5.91 Å². The van der Waals surface area contributed by atoms with Crippen molar-refractivity contribution in [2.24, 2.45) is 0 Å². The van der Waals surface area contributed by atoms with Crippen LogP contribution in [-0.4, -0.2) is 41.0 Å². The number of nitrogens with zero attached hydrogens (tertiary/aromatic N) is 2. The maximum atomic E-state index is 12.9. The maximum Gasteiger partial charge on any atom is 0.255 e. The Morgan fingerprint density at radius 1 is 1.07 bits per heavy atom. The molecule has 1 aromatic carbocycles. The second-order valence-electron chi connectivity index (χ2n) is 9.44. The lowest BCUT2D eigenvalue weighted by Gasteiger charge is -2.35. The molecule has 2 bridgehead atoms. The summed E-state index contributed by atoms with van der Waals surface area (Å²) in [5.74, 6) is 1.27. The van der Waals surface area contributed by atoms with Crippen molar-refractivity contribution in [3.63, 3.8) is 0 Å². The number of hydrogen-bond acceptors (Lipinski definition) is 4. The van der Waals surface area contributed by atoms with Crippen molar-refractivity contribution >= 4 is 5.91 Å². The average Bonchev–Trinajstić information content (AvgIpc) is 3.05. The topological polar surface area (TPSA) is 54.5 Å². The van der Waals surface area contributed by atoms with Gasteiger partial charge in [0.2, 0.25) is 5.88 Å². The molecule has 2 aliphatic heterocycles. The Hall–Kier alpha value is -2.40. The molecule has 29 heavy (non-hydrogen) atoms. The lowest BCUT2D eigenvalue weighted by molar-refractivity contribution is 0.0681. The summed E-state index contributed by atoms with van der Waals surface area (Å²) in [6.07, 6.45) is 6.16. The maximum absolute atomic E-state index is 12.9. The van der Waals surface area contributed by atoms with E-state index in [0.717, 1.165) is 18.6 Å². The summed E-state index contributed by atoms with van der Waals surface area (Å²) in [4.78, 5) is 19.2. The van der Waals surface area contributed by atoms with Gasteiger partial charge in [-0.25, -0.2) is 4.98 Å². The van der Waals surface area contributed by atoms with Crippen molar-refractivity contribution in [1.82, 2.24) is 15.2 Å². The first-order valence-corrected chi connectivity index (χ1v) is 10.6. The third-order valence-electron chi connectivity index (χ3n) is 6.24. The molecular weight excluding hydrogens is 362 g/mol. The molecule has 2 aliphatic rings. The number of benzene rings is 1. The highest BCUT2D eigenvalue weighted by Crippen LogP contribution is 2.30. The Labute approximate surface area is 173 Å². The van der Waals surface area contributed by atoms with E-state index in [1.54, 1.807) is 18.3 Å². The van der Waals surface area contributed by atoms with Crippen molar-refractivity contribution in [1.29, 1.82) is 0 Å². The second-order valence-corrected chi connectivity index (χ2v) is 9.44. The number of pyridine rings is 1. The van der Waals surface area contributed by atoms with Gasteiger partial charge in [0, 0.05) is 37.4 Å². The van der Waals surface area contributed by atoms with E-state index >= 15 is 0 Å². The summed E-state index contributed by atoms with van der Waals surface area (Å²) < 4.78 is 5.85. The molecule has 1 N–H and O–H groups in total. The third-order valence-corrected chi connectivity index (χ3v) is 6.24. The van der Waals surface area contributed by atoms with E-state index < -0.39 is 0 Å². The first kappa shape index (κ1) is 19.9. The van der Waals surface area contributed by atoms with Gasteiger partial charge in [0.05, 0.1) is 5.56 Å². The second kappa shape index (κ2) is 7.79. The minimum Gasteiger partial charge on any atom is -0.439 e. The van der Waals surface area contributed by atoms with Crippen molar-refractivity contribution in [3.05, 3.63) is 53.7 Å². The van der Waals surface area contributed by atoms with Crippen LogP contribution in [0.2, 0.25) is 0 Å². The number of rotatable bonds is 4. The van der Waals surface area contributed by atoms with Gasteiger partial charge in [-0.05, 0) is 54.9 Å². The average molecular weight is 394 g/mol. The fraction of sp³-hybridized carbons (Fsp3) is 0.500. The summed E-state index contributed by atoms with van der Waals surface area (Å²) in [7, 11) is 1.92. The zero-order valence-corrected chi connectivity index (χ0v) is 17.8. The molecule has 2 aromatic rings. The summed E-state index contributed by atoms with van der Waals surface area (Å²) in [5.41, 5.74) is 1.97. The smallest absolute Gasteiger partial charge is 0.255 e. The van der Waals surface area contributed by atoms with Crippen LogP contribution in [0, 0.1) is 0 Å². The van der Waals surface area contributed by atoms with Crippen LogP contribution >= 0.6 is 0 Å². The van der Waals surface area contributed by atoms with Crippen LogP contribution in [0.4, 0.5) is 0 Å². The molecular formula is C24H31N3O2. The Bertz CT molecular complexity index is 843. The third kappa shape index (κ3) is 4.45. The number of carbonyl (C=O) groups excluding carboxylic acids is 1. The number of fused-ring (bicyclic) bond motifs is 2. The quantitative estimate of drug-likeness (QED) is 0.829. The molecule has 5 nitrogen and oxygen atoms in total. The van der Waals surface area contributed by atoms with Crippen molar-refractivity contribution in [2.45, 2.75) is 70.0 Å². The van der Waals surface area contributed by atoms with Crippen molar-refractivity contribution in [3.8, 4) is 11.6 Å². The van der Waals surface area contributed by atoms with Crippen LogP contribution in [0.1, 0.15) is 62.4 Å². The number of aromatic nitrogens is 1. The molecule has 0 saturated carbocycles. The Morgan fingerprint density at radius 2 is 1.72 bits per heavy atom. The summed E-state index contributed by atoms with van der Waals surface area (Å²) in [6, 6.07) is 13.1. The van der Waals surface area contributed by atoms with Crippen LogP contribution in [0.3, 0.4) is 0 Å². The highest BCUT2D eigenvalue weighted by atomic mass is 16.5. The highest BCUT2D eigenvalue weighted by molar-refractivity contribution is 5.94. The number of hydrogen-bond donors (Lipinski definition) is 1. The molecule has 4 rings (SSSR count). The fourth-order valence-corrected chi connectivity index (χ4v) is 4.42. The van der Waals surface area contributed by atoms with E-state index in [-0.39, 0.29) is 11.3 Å². The number of nitrogens with one attached hydrogen (secondary N) is 1. The van der Waals surface area contributed by atoms with E-state index in [2.05, 4.69) is 43.2 Å². The van der Waals surface area contributed by atoms with E-state index in [4.69, 9.17) is 4.74 Å². The lowest BCUT2D eigenvalue weighted by Crippen LogP contribution is -2.48. The van der Waals surface area contributed by atoms with E-state index in [9.17, 15) is 4.79 Å². The first-order valence-electron chi connectivity index (χ1n) is 10.6. The summed E-state index contributed by atoms with van der Waals surface area (Å²) in [6.45, 7) is 6.56. The van der Waals surface area contributed by atoms with E-state index in [1.807, 2.05) is 24.1 Å². The van der Waals surface area contributed by atoms with Crippen LogP contribution in [0.25, 0.3) is 0 Å². The van der Waals surface area contributed by atoms with E-state index in [1.165, 1.54) is 18.4 Å². The molecule has 2 unspecified atom stereocenters. The Morgan fingerprint density at radius 3 is 2.28 bits per heavy atom. The zero-order valence-electron chi connectivity index (χ0n) is 17.8. The molecule has 3 heterocycles. The molecule has 2 saturated heterocycles. The zero-order chi connectivity index (χ0) is 20.6. The molecule has 154 valence electrons. The Balaban J connectivity index is 1.39. The Kier molecular flexibility index (Phi) is 5.34. The SMILES string of the molecule is CN(C(=O)c1ccc(Oc2ccc(C(C)(C)C)cc2)nc1)C1CC2CCC(C1)N2. The number of ether oxygens (including phenoxy) is 1. The van der Waals surface area contributed by atoms with Gasteiger partial charge in [0.1, 0.15) is 5.75 Å². The number of piperidine rings is 1. The predicted molar refractivity (Wildman–Crippen MR) is 115 cm³/mol. The van der Waals surface area contributed by atoms with Gasteiger partial charge in [-0.2, -0.15) is 0 Å². The van der Waals surface area contributed by atoms with Crippen LogP contribution in [0.5, 0.6) is 11.6 Å². The molecule has 1 amide bonds. The monoisotopic (exact) mass is 393 g/mol. The van der Waals surface area contributed by atoms with Crippen LogP contribution < -0.4 is 10.1 Å². The summed E-state index contributed by atoms with van der Waals surface area (Å²) in [5, 5.41) is 3.63. The molecule has 1 aromatic heterocycles. The summed E-state index contributed by atoms with van der Waals surface area (Å²) >= 11 is 0. The van der Waals surface area contributed by atoms with Crippen LogP contribution in [-0.2, 0) is 5.41 Å². The number of carbonyl (C=O) groups is 1. The van der Waals surface area contributed by atoms with Gasteiger partial charge < -0.3 is 15.0 Å². The van der Waals surface area contributed by atoms with Gasteiger partial charge in [-0.1, -0.05) is 32.9 Å². The molecule has 5 heteroatoms. The normalized spacial score (nSPS) is 23.7. The van der Waals surface area contributed by atoms with E-state index in [0.29, 0.717) is 29.6 Å². The largest absolute Gasteiger partial charge is 0.439 e. The minimum atomic E-state index is 0.0323. The molecule has 0 aliphatic carbocycles. The number of amides is 1. The van der Waals surface area contributed by atoms with Crippen LogP contribution in [0.15, 0.2) is 42.6 Å². The molecule has 2 atom stereocenters. The van der Waals surface area contributed by atoms with Gasteiger partial charge in [-0.3, -0.25) is 4.79 Å². The van der Waals surface area contributed by atoms with Crippen molar-refractivity contribution < 1.29 is 9.53 Å². The molecule has 0 radical (unpaired) electrons. The molecule has 2 fully saturated rings. The van der Waals surface area contributed by atoms with Crippen molar-refractivity contribution in [2.75, 3.05) is 7.05 Å². The lowest BCUT2D eigenvalue weighted by atomic mass is 9.87. The fourth-order valence-electron chi connectivity index (χ4n) is 4.42. The molecule has 0 spiro atoms. The van der Waals surface area contributed by atoms with Gasteiger partial charge in [-0.15, -0.1) is 0 Å².